The normalized spacial score (nSPS) is 26.1. The summed E-state index contributed by atoms with van der Waals surface area (Å²) in [5.74, 6) is 0.609. The average Bonchev–Trinajstić information content (AvgIpc) is 2.94. The molecule has 2 amide bonds. The number of nitrogens with zero attached hydrogens (tertiary/aromatic N) is 2. The van der Waals surface area contributed by atoms with E-state index >= 15 is 0 Å². The average molecular weight is 348 g/mol. The largest absolute Gasteiger partial charge is 0.383 e. The molecule has 1 N–H and O–H groups in total. The number of hydrogen-bond acceptors (Lipinski definition) is 4. The SMILES string of the molecule is COCCN(CC(=O)N(C)C)C(=O)C1CC2CCCCC2N1.Cl. The van der Waals surface area contributed by atoms with Crippen LogP contribution >= 0.6 is 12.4 Å². The molecule has 1 aliphatic heterocycles. The van der Waals surface area contributed by atoms with Crippen LogP contribution in [0.3, 0.4) is 0 Å². The maximum absolute atomic E-state index is 12.8. The van der Waals surface area contributed by atoms with E-state index in [2.05, 4.69) is 5.32 Å². The molecule has 0 radical (unpaired) electrons. The van der Waals surface area contributed by atoms with Crippen LogP contribution in [-0.4, -0.2) is 74.6 Å². The first-order valence-electron chi connectivity index (χ1n) is 8.27. The van der Waals surface area contributed by atoms with Gasteiger partial charge in [0.15, 0.2) is 0 Å². The zero-order chi connectivity index (χ0) is 16.1. The van der Waals surface area contributed by atoms with Crippen molar-refractivity contribution < 1.29 is 14.3 Å². The van der Waals surface area contributed by atoms with E-state index in [-0.39, 0.29) is 36.8 Å². The van der Waals surface area contributed by atoms with Crippen LogP contribution in [0.25, 0.3) is 0 Å². The van der Waals surface area contributed by atoms with Crippen molar-refractivity contribution in [3.05, 3.63) is 0 Å². The van der Waals surface area contributed by atoms with E-state index in [1.807, 2.05) is 0 Å². The summed E-state index contributed by atoms with van der Waals surface area (Å²) in [6.07, 6.45) is 5.82. The molecule has 3 atom stereocenters. The van der Waals surface area contributed by atoms with Gasteiger partial charge >= 0.3 is 0 Å². The number of methoxy groups -OCH3 is 1. The van der Waals surface area contributed by atoms with Crippen molar-refractivity contribution in [3.8, 4) is 0 Å². The van der Waals surface area contributed by atoms with Gasteiger partial charge in [-0.05, 0) is 25.2 Å². The first-order valence-corrected chi connectivity index (χ1v) is 8.27. The molecule has 7 heteroatoms. The Morgan fingerprint density at radius 3 is 2.52 bits per heavy atom. The third-order valence-corrected chi connectivity index (χ3v) is 4.86. The van der Waals surface area contributed by atoms with E-state index in [1.54, 1.807) is 26.1 Å². The molecule has 2 aliphatic rings. The van der Waals surface area contributed by atoms with Crippen LogP contribution in [0.5, 0.6) is 0 Å². The zero-order valence-electron chi connectivity index (χ0n) is 14.4. The Balaban J connectivity index is 0.00000264. The summed E-state index contributed by atoms with van der Waals surface area (Å²) in [6.45, 7) is 1.04. The van der Waals surface area contributed by atoms with Gasteiger partial charge in [0.1, 0.15) is 0 Å². The summed E-state index contributed by atoms with van der Waals surface area (Å²) in [5.41, 5.74) is 0. The Morgan fingerprint density at radius 2 is 1.91 bits per heavy atom. The molecular weight excluding hydrogens is 318 g/mol. The summed E-state index contributed by atoms with van der Waals surface area (Å²) in [4.78, 5) is 27.9. The number of fused-ring (bicyclic) bond motifs is 1. The lowest BCUT2D eigenvalue weighted by molar-refractivity contribution is -0.140. The van der Waals surface area contributed by atoms with E-state index < -0.39 is 0 Å². The van der Waals surface area contributed by atoms with E-state index in [0.29, 0.717) is 25.1 Å². The maximum atomic E-state index is 12.8. The lowest BCUT2D eigenvalue weighted by Gasteiger charge is -2.26. The van der Waals surface area contributed by atoms with Crippen molar-refractivity contribution in [2.24, 2.45) is 5.92 Å². The van der Waals surface area contributed by atoms with Gasteiger partial charge in [0.2, 0.25) is 11.8 Å². The van der Waals surface area contributed by atoms with E-state index in [0.717, 1.165) is 6.42 Å². The number of amides is 2. The second-order valence-corrected chi connectivity index (χ2v) is 6.65. The minimum atomic E-state index is -0.139. The Bertz CT molecular complexity index is 392. The number of nitrogens with one attached hydrogen (secondary N) is 1. The van der Waals surface area contributed by atoms with Gasteiger partial charge in [0, 0.05) is 33.8 Å². The molecule has 1 aliphatic carbocycles. The molecule has 3 unspecified atom stereocenters. The van der Waals surface area contributed by atoms with Crippen molar-refractivity contribution in [2.45, 2.75) is 44.2 Å². The van der Waals surface area contributed by atoms with E-state index in [4.69, 9.17) is 4.74 Å². The highest BCUT2D eigenvalue weighted by Crippen LogP contribution is 2.33. The summed E-state index contributed by atoms with van der Waals surface area (Å²) in [5, 5.41) is 3.50. The van der Waals surface area contributed by atoms with Gasteiger partial charge in [-0.3, -0.25) is 9.59 Å². The molecule has 0 bridgehead atoms. The molecule has 2 fully saturated rings. The Kier molecular flexibility index (Phi) is 8.29. The minimum absolute atomic E-state index is 0. The molecule has 6 nitrogen and oxygen atoms in total. The molecule has 0 aromatic rings. The fraction of sp³-hybridized carbons (Fsp3) is 0.875. The number of likely N-dealkylation sites (N-methyl/N-ethyl adjacent to an activating group) is 1. The van der Waals surface area contributed by atoms with Crippen molar-refractivity contribution in [1.29, 1.82) is 0 Å². The number of carbonyl (C=O) groups is 2. The molecule has 0 spiro atoms. The monoisotopic (exact) mass is 347 g/mol. The fourth-order valence-electron chi connectivity index (χ4n) is 3.50. The van der Waals surface area contributed by atoms with Crippen molar-refractivity contribution in [2.75, 3.05) is 40.9 Å². The van der Waals surface area contributed by atoms with E-state index in [1.165, 1.54) is 30.6 Å². The number of rotatable bonds is 6. The van der Waals surface area contributed by atoms with Gasteiger partial charge in [-0.25, -0.2) is 0 Å². The lowest BCUT2D eigenvalue weighted by Crippen LogP contribution is -2.49. The first-order chi connectivity index (χ1) is 10.5. The lowest BCUT2D eigenvalue weighted by atomic mass is 9.85. The van der Waals surface area contributed by atoms with Crippen LogP contribution in [0.2, 0.25) is 0 Å². The Hall–Kier alpha value is -0.850. The van der Waals surface area contributed by atoms with Crippen LogP contribution < -0.4 is 5.32 Å². The molecule has 0 aromatic heterocycles. The van der Waals surface area contributed by atoms with E-state index in [9.17, 15) is 9.59 Å². The summed E-state index contributed by atoms with van der Waals surface area (Å²) in [7, 11) is 5.03. The van der Waals surface area contributed by atoms with Gasteiger partial charge in [0.05, 0.1) is 19.2 Å². The fourth-order valence-corrected chi connectivity index (χ4v) is 3.50. The van der Waals surface area contributed by atoms with Crippen LogP contribution in [0.15, 0.2) is 0 Å². The first kappa shape index (κ1) is 20.2. The zero-order valence-corrected chi connectivity index (χ0v) is 15.2. The maximum Gasteiger partial charge on any atom is 0.241 e. The highest BCUT2D eigenvalue weighted by atomic mass is 35.5. The second-order valence-electron chi connectivity index (χ2n) is 6.65. The van der Waals surface area contributed by atoms with Crippen molar-refractivity contribution >= 4 is 24.2 Å². The van der Waals surface area contributed by atoms with Crippen molar-refractivity contribution in [3.63, 3.8) is 0 Å². The number of ether oxygens (including phenoxy) is 1. The van der Waals surface area contributed by atoms with Crippen molar-refractivity contribution in [1.82, 2.24) is 15.1 Å². The number of halogens is 1. The van der Waals surface area contributed by atoms with Crippen LogP contribution in [0.1, 0.15) is 32.1 Å². The third kappa shape index (κ3) is 5.33. The van der Waals surface area contributed by atoms with Gasteiger partial charge in [-0.15, -0.1) is 12.4 Å². The highest BCUT2D eigenvalue weighted by molar-refractivity contribution is 5.87. The summed E-state index contributed by atoms with van der Waals surface area (Å²) >= 11 is 0. The second kappa shape index (κ2) is 9.45. The molecule has 1 saturated heterocycles. The smallest absolute Gasteiger partial charge is 0.241 e. The predicted octanol–water partition coefficient (Wildman–Crippen LogP) is 0.892. The third-order valence-electron chi connectivity index (χ3n) is 4.86. The van der Waals surface area contributed by atoms with Gasteiger partial charge in [-0.2, -0.15) is 0 Å². The van der Waals surface area contributed by atoms with Gasteiger partial charge < -0.3 is 19.9 Å². The minimum Gasteiger partial charge on any atom is -0.383 e. The van der Waals surface area contributed by atoms with Crippen LogP contribution in [-0.2, 0) is 14.3 Å². The van der Waals surface area contributed by atoms with Crippen LogP contribution in [0, 0.1) is 5.92 Å². The molecule has 1 heterocycles. The number of hydrogen-bond donors (Lipinski definition) is 1. The highest BCUT2D eigenvalue weighted by Gasteiger charge is 2.39. The number of carbonyl (C=O) groups excluding carboxylic acids is 2. The molecule has 0 aromatic carbocycles. The molecule has 23 heavy (non-hydrogen) atoms. The predicted molar refractivity (Wildman–Crippen MR) is 91.7 cm³/mol. The quantitative estimate of drug-likeness (QED) is 0.775. The molecule has 2 rings (SSSR count). The molecule has 134 valence electrons. The van der Waals surface area contributed by atoms with Crippen LogP contribution in [0.4, 0.5) is 0 Å². The van der Waals surface area contributed by atoms with Gasteiger partial charge in [0.25, 0.3) is 0 Å². The Labute approximate surface area is 145 Å². The summed E-state index contributed by atoms with van der Waals surface area (Å²) in [6, 6.07) is 0.344. The topological polar surface area (TPSA) is 61.9 Å². The Morgan fingerprint density at radius 1 is 1.22 bits per heavy atom. The standard InChI is InChI=1S/C16H29N3O3.ClH/c1-18(2)15(20)11-19(8-9-22-3)16(21)14-10-12-6-4-5-7-13(12)17-14;/h12-14,17H,4-11H2,1-3H3;1H. The molecule has 1 saturated carbocycles. The van der Waals surface area contributed by atoms with Gasteiger partial charge in [-0.1, -0.05) is 12.8 Å². The molecular formula is C16H30ClN3O3. The summed E-state index contributed by atoms with van der Waals surface area (Å²) < 4.78 is 5.08.